The zero-order chi connectivity index (χ0) is 17.7. The molecule has 1 aromatic rings. The second-order valence-electron chi connectivity index (χ2n) is 7.03. The Kier molecular flexibility index (Phi) is 5.61. The van der Waals surface area contributed by atoms with E-state index in [0.29, 0.717) is 30.5 Å². The molecule has 0 saturated carbocycles. The molecule has 1 saturated heterocycles. The molecular weight excluding hydrogens is 312 g/mol. The Morgan fingerprint density at radius 1 is 1.24 bits per heavy atom. The van der Waals surface area contributed by atoms with Gasteiger partial charge in [0.15, 0.2) is 5.78 Å². The Morgan fingerprint density at radius 3 is 2.72 bits per heavy atom. The van der Waals surface area contributed by atoms with Gasteiger partial charge in [-0.15, -0.1) is 0 Å². The quantitative estimate of drug-likeness (QED) is 0.782. The van der Waals surface area contributed by atoms with Crippen LogP contribution >= 0.6 is 0 Å². The first-order chi connectivity index (χ1) is 12.2. The van der Waals surface area contributed by atoms with Gasteiger partial charge in [0.1, 0.15) is 5.78 Å². The fraction of sp³-hybridized carbons (Fsp3) is 0.429. The Hall–Kier alpha value is -2.04. The van der Waals surface area contributed by atoms with E-state index in [4.69, 9.17) is 5.73 Å². The van der Waals surface area contributed by atoms with E-state index >= 15 is 0 Å². The van der Waals surface area contributed by atoms with Crippen LogP contribution in [0.2, 0.25) is 0 Å². The molecule has 1 aliphatic heterocycles. The third kappa shape index (κ3) is 3.80. The normalized spacial score (nSPS) is 26.1. The molecule has 4 nitrogen and oxygen atoms in total. The summed E-state index contributed by atoms with van der Waals surface area (Å²) in [4.78, 5) is 26.1. The molecule has 0 spiro atoms. The largest absolute Gasteiger partial charge is 0.330 e. The first-order valence-electron chi connectivity index (χ1n) is 9.09. The average molecular weight is 338 g/mol. The standard InChI is InChI=1S/C21H26N2O2/c22-12-11-21(20(25)18-9-5-13-23-15-18)10-4-8-17(14-21)19(24)16-6-2-1-3-7-16/h1-4,6-8,10,18,23H,5,9,11-15,22H2/t18-,21?/m1/s1. The van der Waals surface area contributed by atoms with Crippen LogP contribution in [0.5, 0.6) is 0 Å². The number of carbonyl (C=O) groups is 2. The second kappa shape index (κ2) is 7.89. The first-order valence-corrected chi connectivity index (χ1v) is 9.09. The molecule has 132 valence electrons. The minimum atomic E-state index is -0.646. The minimum absolute atomic E-state index is 0.000848. The smallest absolute Gasteiger partial charge is 0.189 e. The van der Waals surface area contributed by atoms with Crippen molar-refractivity contribution in [2.45, 2.75) is 25.7 Å². The number of allylic oxidation sites excluding steroid dienone is 4. The van der Waals surface area contributed by atoms with Gasteiger partial charge in [-0.3, -0.25) is 9.59 Å². The monoisotopic (exact) mass is 338 g/mol. The molecule has 0 aromatic heterocycles. The van der Waals surface area contributed by atoms with Gasteiger partial charge in [0, 0.05) is 23.6 Å². The van der Waals surface area contributed by atoms with Crippen molar-refractivity contribution in [2.75, 3.05) is 19.6 Å². The lowest BCUT2D eigenvalue weighted by atomic mass is 9.67. The van der Waals surface area contributed by atoms with Crippen LogP contribution in [-0.2, 0) is 4.79 Å². The van der Waals surface area contributed by atoms with E-state index in [1.165, 1.54) is 0 Å². The molecule has 1 aromatic carbocycles. The molecule has 1 unspecified atom stereocenters. The van der Waals surface area contributed by atoms with E-state index in [1.807, 2.05) is 48.6 Å². The van der Waals surface area contributed by atoms with Crippen molar-refractivity contribution in [2.24, 2.45) is 17.1 Å². The van der Waals surface area contributed by atoms with E-state index in [9.17, 15) is 9.59 Å². The summed E-state index contributed by atoms with van der Waals surface area (Å²) in [5.41, 5.74) is 6.55. The number of nitrogens with one attached hydrogen (secondary N) is 1. The lowest BCUT2D eigenvalue weighted by molar-refractivity contribution is -0.131. The maximum Gasteiger partial charge on any atom is 0.189 e. The molecule has 1 fully saturated rings. The van der Waals surface area contributed by atoms with Gasteiger partial charge in [-0.05, 0) is 38.8 Å². The van der Waals surface area contributed by atoms with Crippen LogP contribution in [0.3, 0.4) is 0 Å². The number of piperidine rings is 1. The summed E-state index contributed by atoms with van der Waals surface area (Å²) >= 11 is 0. The maximum atomic E-state index is 13.3. The number of ketones is 2. The van der Waals surface area contributed by atoms with E-state index < -0.39 is 5.41 Å². The number of benzene rings is 1. The molecule has 1 aliphatic carbocycles. The van der Waals surface area contributed by atoms with Crippen LogP contribution in [0.4, 0.5) is 0 Å². The first kappa shape index (κ1) is 17.8. The number of carbonyl (C=O) groups excluding carboxylic acids is 2. The molecule has 0 bridgehead atoms. The third-order valence-corrected chi connectivity index (χ3v) is 5.30. The lowest BCUT2D eigenvalue weighted by Gasteiger charge is -2.36. The van der Waals surface area contributed by atoms with Gasteiger partial charge < -0.3 is 11.1 Å². The number of rotatable bonds is 6. The Labute approximate surface area is 149 Å². The van der Waals surface area contributed by atoms with Crippen molar-refractivity contribution >= 4 is 11.6 Å². The molecule has 0 amide bonds. The van der Waals surface area contributed by atoms with Crippen molar-refractivity contribution in [3.05, 3.63) is 59.7 Å². The van der Waals surface area contributed by atoms with E-state index in [2.05, 4.69) is 5.32 Å². The van der Waals surface area contributed by atoms with Crippen molar-refractivity contribution < 1.29 is 9.59 Å². The molecule has 3 rings (SSSR count). The Morgan fingerprint density at radius 2 is 2.04 bits per heavy atom. The second-order valence-corrected chi connectivity index (χ2v) is 7.03. The third-order valence-electron chi connectivity index (χ3n) is 5.30. The molecule has 25 heavy (non-hydrogen) atoms. The molecule has 2 aliphatic rings. The summed E-state index contributed by atoms with van der Waals surface area (Å²) in [6, 6.07) is 9.25. The zero-order valence-corrected chi connectivity index (χ0v) is 14.5. The van der Waals surface area contributed by atoms with Gasteiger partial charge in [-0.1, -0.05) is 48.6 Å². The fourth-order valence-electron chi connectivity index (χ4n) is 3.94. The van der Waals surface area contributed by atoms with Crippen molar-refractivity contribution in [1.29, 1.82) is 0 Å². The van der Waals surface area contributed by atoms with E-state index in [1.54, 1.807) is 0 Å². The highest BCUT2D eigenvalue weighted by atomic mass is 16.1. The molecule has 0 radical (unpaired) electrons. The topological polar surface area (TPSA) is 72.2 Å². The van der Waals surface area contributed by atoms with Crippen LogP contribution < -0.4 is 11.1 Å². The highest BCUT2D eigenvalue weighted by molar-refractivity contribution is 6.09. The fourth-order valence-corrected chi connectivity index (χ4v) is 3.94. The summed E-state index contributed by atoms with van der Waals surface area (Å²) in [6.45, 7) is 2.13. The Bertz CT molecular complexity index is 687. The number of hydrogen-bond donors (Lipinski definition) is 2. The van der Waals surface area contributed by atoms with Gasteiger partial charge in [0.25, 0.3) is 0 Å². The summed E-state index contributed by atoms with van der Waals surface area (Å²) < 4.78 is 0. The van der Waals surface area contributed by atoms with Gasteiger partial charge >= 0.3 is 0 Å². The van der Waals surface area contributed by atoms with Crippen molar-refractivity contribution in [1.82, 2.24) is 5.32 Å². The SMILES string of the molecule is NCCC1(C(=O)[C@@H]2CCCNC2)C=CC=C(C(=O)c2ccccc2)C1. The molecular formula is C21H26N2O2. The molecule has 1 heterocycles. The van der Waals surface area contributed by atoms with Gasteiger partial charge in [-0.2, -0.15) is 0 Å². The summed E-state index contributed by atoms with van der Waals surface area (Å²) in [5.74, 6) is 0.241. The van der Waals surface area contributed by atoms with Crippen LogP contribution in [-0.4, -0.2) is 31.2 Å². The van der Waals surface area contributed by atoms with Crippen LogP contribution in [0.1, 0.15) is 36.0 Å². The minimum Gasteiger partial charge on any atom is -0.330 e. The van der Waals surface area contributed by atoms with E-state index in [-0.39, 0.29) is 17.5 Å². The number of nitrogens with two attached hydrogens (primary N) is 1. The molecule has 2 atom stereocenters. The van der Waals surface area contributed by atoms with Gasteiger partial charge in [0.2, 0.25) is 0 Å². The number of hydrogen-bond acceptors (Lipinski definition) is 4. The lowest BCUT2D eigenvalue weighted by Crippen LogP contribution is -2.44. The van der Waals surface area contributed by atoms with Crippen LogP contribution in [0.15, 0.2) is 54.1 Å². The van der Waals surface area contributed by atoms with Crippen molar-refractivity contribution in [3.63, 3.8) is 0 Å². The summed E-state index contributed by atoms with van der Waals surface area (Å²) in [6.07, 6.45) is 8.64. The van der Waals surface area contributed by atoms with Gasteiger partial charge in [-0.25, -0.2) is 0 Å². The zero-order valence-electron chi connectivity index (χ0n) is 14.5. The highest BCUT2D eigenvalue weighted by Crippen LogP contribution is 2.40. The van der Waals surface area contributed by atoms with Crippen LogP contribution in [0.25, 0.3) is 0 Å². The number of Topliss-reactive ketones (excluding diaryl/α,β-unsaturated/α-hetero) is 2. The average Bonchev–Trinajstić information content (AvgIpc) is 2.68. The summed E-state index contributed by atoms with van der Waals surface area (Å²) in [7, 11) is 0. The predicted octanol–water partition coefficient (Wildman–Crippen LogP) is 2.66. The maximum absolute atomic E-state index is 13.3. The predicted molar refractivity (Wildman–Crippen MR) is 99.3 cm³/mol. The highest BCUT2D eigenvalue weighted by Gasteiger charge is 2.41. The van der Waals surface area contributed by atoms with Crippen LogP contribution in [0, 0.1) is 11.3 Å². The van der Waals surface area contributed by atoms with Crippen molar-refractivity contribution in [3.8, 4) is 0 Å². The molecule has 4 heteroatoms. The van der Waals surface area contributed by atoms with E-state index in [0.717, 1.165) is 25.9 Å². The molecule has 3 N–H and O–H groups in total. The van der Waals surface area contributed by atoms with Gasteiger partial charge in [0.05, 0.1) is 5.41 Å². The Balaban J connectivity index is 1.84. The summed E-state index contributed by atoms with van der Waals surface area (Å²) in [5, 5.41) is 3.32.